The van der Waals surface area contributed by atoms with Gasteiger partial charge in [-0.1, -0.05) is 0 Å². The highest BCUT2D eigenvalue weighted by Gasteiger charge is 2.40. The standard InChI is InChI=1S/C16H16O5/c1-16(20)4-3-9-11(7-16)14(18)10-5-8(21-2)6-12(17)13(10)15(9)19/h5-6,17,20H,3-4,7H2,1-2H3/t16-/m1/s1. The monoisotopic (exact) mass is 288 g/mol. The van der Waals surface area contributed by atoms with Gasteiger partial charge in [0.05, 0.1) is 18.3 Å². The van der Waals surface area contributed by atoms with E-state index in [-0.39, 0.29) is 34.9 Å². The molecule has 0 fully saturated rings. The first-order valence-corrected chi connectivity index (χ1v) is 6.79. The molecule has 0 saturated carbocycles. The number of ketones is 2. The van der Waals surface area contributed by atoms with Crippen molar-refractivity contribution >= 4 is 11.6 Å². The maximum atomic E-state index is 12.6. The number of ether oxygens (including phenoxy) is 1. The first kappa shape index (κ1) is 13.8. The van der Waals surface area contributed by atoms with Crippen molar-refractivity contribution in [3.8, 4) is 11.5 Å². The molecule has 0 saturated heterocycles. The Kier molecular flexibility index (Phi) is 2.92. The van der Waals surface area contributed by atoms with Crippen LogP contribution < -0.4 is 4.74 Å². The third-order valence-corrected chi connectivity index (χ3v) is 4.18. The van der Waals surface area contributed by atoms with E-state index in [0.717, 1.165) is 0 Å². The summed E-state index contributed by atoms with van der Waals surface area (Å²) in [5, 5.41) is 20.2. The molecule has 3 rings (SSSR count). The fourth-order valence-electron chi connectivity index (χ4n) is 3.04. The summed E-state index contributed by atoms with van der Waals surface area (Å²) >= 11 is 0. The third-order valence-electron chi connectivity index (χ3n) is 4.18. The van der Waals surface area contributed by atoms with Crippen LogP contribution in [0.3, 0.4) is 0 Å². The summed E-state index contributed by atoms with van der Waals surface area (Å²) in [5.74, 6) is -0.561. The van der Waals surface area contributed by atoms with E-state index < -0.39 is 5.60 Å². The van der Waals surface area contributed by atoms with E-state index in [9.17, 15) is 19.8 Å². The minimum atomic E-state index is -0.979. The van der Waals surface area contributed by atoms with E-state index >= 15 is 0 Å². The van der Waals surface area contributed by atoms with Crippen molar-refractivity contribution in [2.75, 3.05) is 7.11 Å². The Hall–Kier alpha value is -2.14. The number of fused-ring (bicyclic) bond motifs is 1. The molecule has 2 aliphatic rings. The van der Waals surface area contributed by atoms with Gasteiger partial charge in [-0.15, -0.1) is 0 Å². The lowest BCUT2D eigenvalue weighted by molar-refractivity contribution is 0.0432. The number of methoxy groups -OCH3 is 1. The van der Waals surface area contributed by atoms with Crippen LogP contribution in [0, 0.1) is 0 Å². The fourth-order valence-corrected chi connectivity index (χ4v) is 3.04. The van der Waals surface area contributed by atoms with E-state index in [2.05, 4.69) is 0 Å². The summed E-state index contributed by atoms with van der Waals surface area (Å²) in [6.07, 6.45) is 0.930. The van der Waals surface area contributed by atoms with Crippen molar-refractivity contribution in [1.82, 2.24) is 0 Å². The second kappa shape index (κ2) is 4.43. The van der Waals surface area contributed by atoms with Crippen molar-refractivity contribution in [2.45, 2.75) is 31.8 Å². The number of Topliss-reactive ketones (excluding diaryl/α,β-unsaturated/α-hetero) is 2. The average molecular weight is 288 g/mol. The maximum Gasteiger partial charge on any atom is 0.193 e. The molecule has 0 radical (unpaired) electrons. The SMILES string of the molecule is COc1cc(O)c2c(c1)C(=O)C1=C(CC[C@@](C)(O)C1)C2=O. The molecule has 0 unspecified atom stereocenters. The number of phenols is 1. The van der Waals surface area contributed by atoms with Gasteiger partial charge in [0.25, 0.3) is 0 Å². The normalized spacial score (nSPS) is 24.7. The predicted molar refractivity (Wildman–Crippen MR) is 74.8 cm³/mol. The van der Waals surface area contributed by atoms with Gasteiger partial charge in [0.15, 0.2) is 11.6 Å². The molecule has 21 heavy (non-hydrogen) atoms. The number of hydrogen-bond acceptors (Lipinski definition) is 5. The zero-order chi connectivity index (χ0) is 15.4. The molecule has 0 amide bonds. The minimum Gasteiger partial charge on any atom is -0.507 e. The molecule has 1 atom stereocenters. The number of aromatic hydroxyl groups is 1. The minimum absolute atomic E-state index is 0.0427. The fraction of sp³-hybridized carbons (Fsp3) is 0.375. The first-order valence-electron chi connectivity index (χ1n) is 6.79. The number of hydrogen-bond donors (Lipinski definition) is 2. The summed E-state index contributed by atoms with van der Waals surface area (Å²) in [6.45, 7) is 1.66. The molecule has 2 N–H and O–H groups in total. The Morgan fingerprint density at radius 3 is 2.57 bits per heavy atom. The van der Waals surface area contributed by atoms with E-state index in [0.29, 0.717) is 29.7 Å². The molecule has 0 heterocycles. The van der Waals surface area contributed by atoms with Crippen molar-refractivity contribution in [3.05, 3.63) is 34.4 Å². The number of carbonyl (C=O) groups is 2. The summed E-state index contributed by atoms with van der Waals surface area (Å²) in [5.41, 5.74) is -0.0158. The largest absolute Gasteiger partial charge is 0.507 e. The van der Waals surface area contributed by atoms with Crippen molar-refractivity contribution in [1.29, 1.82) is 0 Å². The molecule has 0 bridgehead atoms. The lowest BCUT2D eigenvalue weighted by atomic mass is 9.72. The van der Waals surface area contributed by atoms with Crippen LogP contribution in [-0.2, 0) is 0 Å². The van der Waals surface area contributed by atoms with Crippen LogP contribution in [0.5, 0.6) is 11.5 Å². The van der Waals surface area contributed by atoms with Crippen LogP contribution >= 0.6 is 0 Å². The Morgan fingerprint density at radius 1 is 1.19 bits per heavy atom. The van der Waals surface area contributed by atoms with Crippen molar-refractivity contribution < 1.29 is 24.5 Å². The predicted octanol–water partition coefficient (Wildman–Crippen LogP) is 2.01. The van der Waals surface area contributed by atoms with E-state index in [4.69, 9.17) is 4.74 Å². The van der Waals surface area contributed by atoms with Gasteiger partial charge in [0, 0.05) is 29.2 Å². The van der Waals surface area contributed by atoms with Crippen molar-refractivity contribution in [3.63, 3.8) is 0 Å². The molecule has 110 valence electrons. The Labute approximate surface area is 121 Å². The van der Waals surface area contributed by atoms with Gasteiger partial charge in [-0.2, -0.15) is 0 Å². The maximum absolute atomic E-state index is 12.6. The quantitative estimate of drug-likeness (QED) is 0.826. The highest BCUT2D eigenvalue weighted by molar-refractivity contribution is 6.28. The number of phenolic OH excluding ortho intramolecular Hbond substituents is 1. The zero-order valence-electron chi connectivity index (χ0n) is 11.9. The lowest BCUT2D eigenvalue weighted by Crippen LogP contribution is -2.35. The molecular weight excluding hydrogens is 272 g/mol. The highest BCUT2D eigenvalue weighted by Crippen LogP contribution is 2.42. The van der Waals surface area contributed by atoms with Crippen LogP contribution in [0.4, 0.5) is 0 Å². The highest BCUT2D eigenvalue weighted by atomic mass is 16.5. The molecule has 1 aromatic rings. The van der Waals surface area contributed by atoms with Crippen molar-refractivity contribution in [2.24, 2.45) is 0 Å². The number of allylic oxidation sites excluding steroid dienone is 1. The summed E-state index contributed by atoms with van der Waals surface area (Å²) < 4.78 is 5.03. The molecule has 0 aliphatic heterocycles. The van der Waals surface area contributed by atoms with Gasteiger partial charge in [-0.3, -0.25) is 9.59 Å². The molecule has 1 aromatic carbocycles. The lowest BCUT2D eigenvalue weighted by Gasteiger charge is -2.33. The summed E-state index contributed by atoms with van der Waals surface area (Å²) in [4.78, 5) is 25.2. The van der Waals surface area contributed by atoms with Gasteiger partial charge < -0.3 is 14.9 Å². The van der Waals surface area contributed by atoms with E-state index in [1.807, 2.05) is 0 Å². The average Bonchev–Trinajstić information content (AvgIpc) is 2.42. The summed E-state index contributed by atoms with van der Waals surface area (Å²) in [6, 6.07) is 2.79. The van der Waals surface area contributed by atoms with Crippen LogP contribution in [0.1, 0.15) is 46.9 Å². The number of benzene rings is 1. The van der Waals surface area contributed by atoms with E-state index in [1.165, 1.54) is 19.2 Å². The van der Waals surface area contributed by atoms with Crippen LogP contribution in [0.25, 0.3) is 0 Å². The van der Waals surface area contributed by atoms with Gasteiger partial charge in [-0.05, 0) is 25.8 Å². The van der Waals surface area contributed by atoms with Crippen LogP contribution in [-0.4, -0.2) is 34.5 Å². The smallest absolute Gasteiger partial charge is 0.193 e. The van der Waals surface area contributed by atoms with Gasteiger partial charge >= 0.3 is 0 Å². The molecular formula is C16H16O5. The topological polar surface area (TPSA) is 83.8 Å². The van der Waals surface area contributed by atoms with Gasteiger partial charge in [0.1, 0.15) is 11.5 Å². The number of aliphatic hydroxyl groups is 1. The second-order valence-electron chi connectivity index (χ2n) is 5.86. The molecule has 2 aliphatic carbocycles. The molecule has 0 aromatic heterocycles. The Morgan fingerprint density at radius 2 is 1.90 bits per heavy atom. The molecule has 0 spiro atoms. The Balaban J connectivity index is 2.19. The molecule has 5 heteroatoms. The molecule has 5 nitrogen and oxygen atoms in total. The first-order chi connectivity index (χ1) is 9.84. The number of carbonyl (C=O) groups excluding carboxylic acids is 2. The number of rotatable bonds is 1. The Bertz CT molecular complexity index is 697. The van der Waals surface area contributed by atoms with Gasteiger partial charge in [0.2, 0.25) is 0 Å². The third kappa shape index (κ3) is 2.05. The summed E-state index contributed by atoms with van der Waals surface area (Å²) in [7, 11) is 1.42. The van der Waals surface area contributed by atoms with Crippen LogP contribution in [0.2, 0.25) is 0 Å². The van der Waals surface area contributed by atoms with E-state index in [1.54, 1.807) is 6.92 Å². The zero-order valence-corrected chi connectivity index (χ0v) is 11.9. The van der Waals surface area contributed by atoms with Gasteiger partial charge in [-0.25, -0.2) is 0 Å². The second-order valence-corrected chi connectivity index (χ2v) is 5.86. The van der Waals surface area contributed by atoms with Crippen LogP contribution in [0.15, 0.2) is 23.3 Å².